The molecule has 5 N–H and O–H groups in total. The normalized spacial score (nSPS) is 10.5. The van der Waals surface area contributed by atoms with Crippen LogP contribution < -0.4 is 21.8 Å². The molecule has 0 heterocycles. The molecular formula is C26H36N4O4. The minimum absolute atomic E-state index is 0.0930. The highest BCUT2D eigenvalue weighted by atomic mass is 16.7. The van der Waals surface area contributed by atoms with Crippen LogP contribution in [-0.2, 0) is 38.5 Å². The zero-order chi connectivity index (χ0) is 24.4. The standard InChI is InChI=1S/C26H36N4O4/c27-16-18-28-20-25(32)29-17-6-11-26(33)34-30-24(31)19-23-14-12-22(13-15-23)10-5-4-9-21-7-2-1-3-8-21/h1-3,7-8,12-15,28H,4-6,9-11,16-20,27H2,(H,29,32)(H,30,31). The van der Waals surface area contributed by atoms with E-state index in [1.54, 1.807) is 0 Å². The summed E-state index contributed by atoms with van der Waals surface area (Å²) in [6, 6.07) is 18.4. The number of hydrogen-bond donors (Lipinski definition) is 4. The van der Waals surface area contributed by atoms with Gasteiger partial charge in [-0.05, 0) is 48.8 Å². The number of carbonyl (C=O) groups is 3. The summed E-state index contributed by atoms with van der Waals surface area (Å²) in [6.07, 6.45) is 4.98. The van der Waals surface area contributed by atoms with Crippen LogP contribution in [0.15, 0.2) is 54.6 Å². The highest BCUT2D eigenvalue weighted by molar-refractivity contribution is 5.80. The van der Waals surface area contributed by atoms with Crippen LogP contribution >= 0.6 is 0 Å². The van der Waals surface area contributed by atoms with Gasteiger partial charge in [0.2, 0.25) is 5.91 Å². The molecule has 2 aromatic rings. The molecule has 0 bridgehead atoms. The van der Waals surface area contributed by atoms with Crippen molar-refractivity contribution in [2.45, 2.75) is 44.9 Å². The Labute approximate surface area is 201 Å². The Kier molecular flexibility index (Phi) is 13.0. The first-order valence-corrected chi connectivity index (χ1v) is 11.8. The summed E-state index contributed by atoms with van der Waals surface area (Å²) < 4.78 is 0. The van der Waals surface area contributed by atoms with Crippen molar-refractivity contribution in [3.8, 4) is 0 Å². The summed E-state index contributed by atoms with van der Waals surface area (Å²) in [5, 5.41) is 5.57. The minimum Gasteiger partial charge on any atom is -0.355 e. The predicted octanol–water partition coefficient (Wildman–Crippen LogP) is 1.81. The third kappa shape index (κ3) is 12.1. The van der Waals surface area contributed by atoms with Gasteiger partial charge >= 0.3 is 5.97 Å². The van der Waals surface area contributed by atoms with Crippen LogP contribution in [0.25, 0.3) is 0 Å². The van der Waals surface area contributed by atoms with Gasteiger partial charge in [-0.2, -0.15) is 5.48 Å². The lowest BCUT2D eigenvalue weighted by atomic mass is 10.0. The molecule has 2 rings (SSSR count). The monoisotopic (exact) mass is 468 g/mol. The van der Waals surface area contributed by atoms with E-state index in [4.69, 9.17) is 10.6 Å². The van der Waals surface area contributed by atoms with Crippen LogP contribution in [0.3, 0.4) is 0 Å². The molecule has 0 aromatic heterocycles. The molecule has 0 atom stereocenters. The van der Waals surface area contributed by atoms with Crippen molar-refractivity contribution in [2.24, 2.45) is 5.73 Å². The molecule has 8 heteroatoms. The molecule has 0 saturated carbocycles. The van der Waals surface area contributed by atoms with Gasteiger partial charge < -0.3 is 21.2 Å². The number of nitrogens with one attached hydrogen (secondary N) is 3. The molecule has 34 heavy (non-hydrogen) atoms. The molecule has 2 aromatic carbocycles. The van der Waals surface area contributed by atoms with Crippen LogP contribution in [0.4, 0.5) is 0 Å². The summed E-state index contributed by atoms with van der Waals surface area (Å²) in [5.41, 5.74) is 11.0. The van der Waals surface area contributed by atoms with Gasteiger partial charge in [-0.3, -0.25) is 9.59 Å². The van der Waals surface area contributed by atoms with Crippen molar-refractivity contribution >= 4 is 17.8 Å². The maximum Gasteiger partial charge on any atom is 0.332 e. The molecular weight excluding hydrogens is 432 g/mol. The second-order valence-corrected chi connectivity index (χ2v) is 8.10. The highest BCUT2D eigenvalue weighted by Crippen LogP contribution is 2.11. The maximum absolute atomic E-state index is 12.0. The third-order valence-corrected chi connectivity index (χ3v) is 5.18. The van der Waals surface area contributed by atoms with E-state index in [1.807, 2.05) is 30.3 Å². The maximum atomic E-state index is 12.0. The van der Waals surface area contributed by atoms with E-state index in [-0.39, 0.29) is 31.2 Å². The fourth-order valence-electron chi connectivity index (χ4n) is 3.34. The van der Waals surface area contributed by atoms with Crippen LogP contribution in [0.5, 0.6) is 0 Å². The van der Waals surface area contributed by atoms with E-state index in [2.05, 4.69) is 40.4 Å². The van der Waals surface area contributed by atoms with Crippen LogP contribution in [0, 0.1) is 0 Å². The molecule has 0 spiro atoms. The van der Waals surface area contributed by atoms with Crippen LogP contribution in [0.1, 0.15) is 42.4 Å². The second-order valence-electron chi connectivity index (χ2n) is 8.10. The van der Waals surface area contributed by atoms with Gasteiger partial charge in [-0.25, -0.2) is 4.79 Å². The molecule has 184 valence electrons. The molecule has 0 aliphatic heterocycles. The number of benzene rings is 2. The number of rotatable bonds is 15. The van der Waals surface area contributed by atoms with Crippen LogP contribution in [0.2, 0.25) is 0 Å². The van der Waals surface area contributed by atoms with Gasteiger partial charge in [0.1, 0.15) is 0 Å². The van der Waals surface area contributed by atoms with Crippen molar-refractivity contribution in [3.05, 3.63) is 71.3 Å². The molecule has 0 radical (unpaired) electrons. The largest absolute Gasteiger partial charge is 0.355 e. The van der Waals surface area contributed by atoms with E-state index < -0.39 is 5.97 Å². The minimum atomic E-state index is -0.547. The van der Waals surface area contributed by atoms with E-state index in [9.17, 15) is 14.4 Å². The number of hydroxylamine groups is 1. The first kappa shape index (κ1) is 27.0. The number of nitrogens with two attached hydrogens (primary N) is 1. The molecule has 0 fully saturated rings. The molecule has 0 aliphatic rings. The number of unbranched alkanes of at least 4 members (excludes halogenated alkanes) is 1. The van der Waals surface area contributed by atoms with E-state index in [0.29, 0.717) is 26.1 Å². The molecule has 2 amide bonds. The Balaban J connectivity index is 1.54. The quantitative estimate of drug-likeness (QED) is 0.234. The number of hydrogen-bond acceptors (Lipinski definition) is 6. The van der Waals surface area contributed by atoms with Gasteiger partial charge in [0.15, 0.2) is 0 Å². The average molecular weight is 469 g/mol. The topological polar surface area (TPSA) is 123 Å². The fraction of sp³-hybridized carbons (Fsp3) is 0.423. The number of aryl methyl sites for hydroxylation is 2. The Morgan fingerprint density at radius 3 is 2.09 bits per heavy atom. The van der Waals surface area contributed by atoms with E-state index >= 15 is 0 Å². The van der Waals surface area contributed by atoms with Gasteiger partial charge in [0, 0.05) is 26.1 Å². The molecule has 0 aliphatic carbocycles. The van der Waals surface area contributed by atoms with Gasteiger partial charge in [-0.1, -0.05) is 54.6 Å². The summed E-state index contributed by atoms with van der Waals surface area (Å²) in [4.78, 5) is 40.1. The summed E-state index contributed by atoms with van der Waals surface area (Å²) in [6.45, 7) is 1.57. The van der Waals surface area contributed by atoms with Crippen molar-refractivity contribution in [1.29, 1.82) is 0 Å². The first-order chi connectivity index (χ1) is 16.6. The SMILES string of the molecule is NCCNCC(=O)NCCCC(=O)ONC(=O)Cc1ccc(CCCCc2ccccc2)cc1. The Morgan fingerprint density at radius 2 is 1.41 bits per heavy atom. The lowest BCUT2D eigenvalue weighted by molar-refractivity contribution is -0.158. The predicted molar refractivity (Wildman–Crippen MR) is 132 cm³/mol. The van der Waals surface area contributed by atoms with E-state index in [0.717, 1.165) is 31.2 Å². The van der Waals surface area contributed by atoms with E-state index in [1.165, 1.54) is 11.1 Å². The fourth-order valence-corrected chi connectivity index (χ4v) is 3.34. The zero-order valence-corrected chi connectivity index (χ0v) is 19.7. The summed E-state index contributed by atoms with van der Waals surface area (Å²) in [7, 11) is 0. The lowest BCUT2D eigenvalue weighted by Gasteiger charge is -2.08. The Morgan fingerprint density at radius 1 is 0.765 bits per heavy atom. The van der Waals surface area contributed by atoms with Crippen molar-refractivity contribution in [1.82, 2.24) is 16.1 Å². The summed E-state index contributed by atoms with van der Waals surface area (Å²) >= 11 is 0. The molecule has 0 unspecified atom stereocenters. The van der Waals surface area contributed by atoms with Crippen molar-refractivity contribution in [2.75, 3.05) is 26.2 Å². The van der Waals surface area contributed by atoms with Gasteiger partial charge in [-0.15, -0.1) is 0 Å². The van der Waals surface area contributed by atoms with Gasteiger partial charge in [0.25, 0.3) is 5.91 Å². The van der Waals surface area contributed by atoms with Crippen molar-refractivity contribution in [3.63, 3.8) is 0 Å². The summed E-state index contributed by atoms with van der Waals surface area (Å²) in [5.74, 6) is -1.09. The smallest absolute Gasteiger partial charge is 0.332 e. The molecule has 0 saturated heterocycles. The van der Waals surface area contributed by atoms with Gasteiger partial charge in [0.05, 0.1) is 13.0 Å². The third-order valence-electron chi connectivity index (χ3n) is 5.18. The number of amides is 2. The lowest BCUT2D eigenvalue weighted by Crippen LogP contribution is -2.36. The first-order valence-electron chi connectivity index (χ1n) is 11.8. The Bertz CT molecular complexity index is 872. The van der Waals surface area contributed by atoms with Crippen molar-refractivity contribution < 1.29 is 19.2 Å². The second kappa shape index (κ2) is 16.4. The zero-order valence-electron chi connectivity index (χ0n) is 19.7. The van der Waals surface area contributed by atoms with Crippen LogP contribution in [-0.4, -0.2) is 44.0 Å². The highest BCUT2D eigenvalue weighted by Gasteiger charge is 2.09. The Hall–Kier alpha value is -3.23. The average Bonchev–Trinajstić information content (AvgIpc) is 2.85. The number of carbonyl (C=O) groups excluding carboxylic acids is 3. The molecule has 8 nitrogen and oxygen atoms in total.